The van der Waals surface area contributed by atoms with Crippen LogP contribution in [0.4, 0.5) is 10.1 Å². The average Bonchev–Trinajstić information content (AvgIpc) is 2.39. The SMILES string of the molecule is CCCCN1CNC(=S)N(c2ccc(F)cc2)C1. The van der Waals surface area contributed by atoms with Gasteiger partial charge in [-0.05, 0) is 42.9 Å². The maximum atomic E-state index is 12.9. The summed E-state index contributed by atoms with van der Waals surface area (Å²) in [6, 6.07) is 6.44. The average molecular weight is 267 g/mol. The van der Waals surface area contributed by atoms with Gasteiger partial charge in [-0.3, -0.25) is 4.90 Å². The van der Waals surface area contributed by atoms with Crippen molar-refractivity contribution in [1.82, 2.24) is 10.2 Å². The predicted molar refractivity (Wildman–Crippen MR) is 76.0 cm³/mol. The van der Waals surface area contributed by atoms with Gasteiger partial charge in [-0.25, -0.2) is 4.39 Å². The molecular formula is C13H18FN3S. The zero-order valence-electron chi connectivity index (χ0n) is 10.5. The number of benzene rings is 1. The second-order valence-corrected chi connectivity index (χ2v) is 4.82. The Hall–Kier alpha value is -1.20. The lowest BCUT2D eigenvalue weighted by Gasteiger charge is -2.38. The fraction of sp³-hybridized carbons (Fsp3) is 0.462. The zero-order chi connectivity index (χ0) is 13.0. The lowest BCUT2D eigenvalue weighted by atomic mass is 10.3. The topological polar surface area (TPSA) is 18.5 Å². The highest BCUT2D eigenvalue weighted by atomic mass is 32.1. The maximum absolute atomic E-state index is 12.9. The van der Waals surface area contributed by atoms with Gasteiger partial charge in [0.1, 0.15) is 5.82 Å². The van der Waals surface area contributed by atoms with Crippen LogP contribution in [0.2, 0.25) is 0 Å². The first-order chi connectivity index (χ1) is 8.70. The van der Waals surface area contributed by atoms with Gasteiger partial charge in [0.2, 0.25) is 0 Å². The normalized spacial score (nSPS) is 16.8. The first-order valence-corrected chi connectivity index (χ1v) is 6.65. The van der Waals surface area contributed by atoms with E-state index in [0.29, 0.717) is 5.11 Å². The number of thiocarbonyl (C=S) groups is 1. The van der Waals surface area contributed by atoms with E-state index in [-0.39, 0.29) is 5.82 Å². The molecule has 0 unspecified atom stereocenters. The highest BCUT2D eigenvalue weighted by molar-refractivity contribution is 7.80. The fourth-order valence-corrected chi connectivity index (χ4v) is 2.17. The van der Waals surface area contributed by atoms with Crippen molar-refractivity contribution >= 4 is 23.0 Å². The van der Waals surface area contributed by atoms with Crippen LogP contribution in [-0.2, 0) is 0 Å². The largest absolute Gasteiger partial charge is 0.349 e. The molecule has 5 heteroatoms. The molecule has 0 radical (unpaired) electrons. The van der Waals surface area contributed by atoms with Gasteiger partial charge in [-0.15, -0.1) is 0 Å². The van der Waals surface area contributed by atoms with Crippen molar-refractivity contribution in [2.24, 2.45) is 0 Å². The summed E-state index contributed by atoms with van der Waals surface area (Å²) in [6.45, 7) is 4.78. The van der Waals surface area contributed by atoms with Gasteiger partial charge >= 0.3 is 0 Å². The second kappa shape index (κ2) is 6.11. The summed E-state index contributed by atoms with van der Waals surface area (Å²) in [5, 5.41) is 3.90. The van der Waals surface area contributed by atoms with Crippen molar-refractivity contribution in [1.29, 1.82) is 0 Å². The Bertz CT molecular complexity index is 407. The summed E-state index contributed by atoms with van der Waals surface area (Å²) in [5.74, 6) is -0.225. The summed E-state index contributed by atoms with van der Waals surface area (Å²) in [6.07, 6.45) is 2.35. The molecule has 1 heterocycles. The van der Waals surface area contributed by atoms with Crippen LogP contribution in [0.5, 0.6) is 0 Å². The molecule has 2 rings (SSSR count). The standard InChI is InChI=1S/C13H18FN3S/c1-2-3-8-16-9-15-13(18)17(10-16)12-6-4-11(14)5-7-12/h4-7H,2-3,8-10H2,1H3,(H,15,18). The number of nitrogens with zero attached hydrogens (tertiary/aromatic N) is 2. The molecule has 0 aliphatic carbocycles. The number of anilines is 1. The smallest absolute Gasteiger partial charge is 0.175 e. The van der Waals surface area contributed by atoms with E-state index >= 15 is 0 Å². The van der Waals surface area contributed by atoms with Gasteiger partial charge in [0.25, 0.3) is 0 Å². The van der Waals surface area contributed by atoms with Gasteiger partial charge < -0.3 is 10.2 Å². The molecule has 0 amide bonds. The minimum Gasteiger partial charge on any atom is -0.349 e. The van der Waals surface area contributed by atoms with E-state index in [1.807, 2.05) is 4.90 Å². The molecule has 1 aromatic rings. The Balaban J connectivity index is 2.05. The number of rotatable bonds is 4. The number of halogens is 1. The highest BCUT2D eigenvalue weighted by Gasteiger charge is 2.21. The first-order valence-electron chi connectivity index (χ1n) is 6.24. The minimum atomic E-state index is -0.225. The third kappa shape index (κ3) is 3.17. The summed E-state index contributed by atoms with van der Waals surface area (Å²) in [7, 11) is 0. The predicted octanol–water partition coefficient (Wildman–Crippen LogP) is 2.54. The molecule has 1 N–H and O–H groups in total. The lowest BCUT2D eigenvalue weighted by Crippen LogP contribution is -2.56. The van der Waals surface area contributed by atoms with E-state index in [1.165, 1.54) is 25.0 Å². The van der Waals surface area contributed by atoms with Crippen molar-refractivity contribution in [2.45, 2.75) is 19.8 Å². The molecule has 1 aliphatic rings. The number of nitrogens with one attached hydrogen (secondary N) is 1. The Kier molecular flexibility index (Phi) is 4.49. The molecule has 1 aromatic carbocycles. The highest BCUT2D eigenvalue weighted by Crippen LogP contribution is 2.17. The summed E-state index contributed by atoms with van der Waals surface area (Å²) >= 11 is 5.30. The molecule has 3 nitrogen and oxygen atoms in total. The van der Waals surface area contributed by atoms with Crippen LogP contribution in [-0.4, -0.2) is 29.9 Å². The molecule has 0 saturated carbocycles. The second-order valence-electron chi connectivity index (χ2n) is 4.43. The van der Waals surface area contributed by atoms with Crippen LogP contribution in [0, 0.1) is 5.82 Å². The van der Waals surface area contributed by atoms with Crippen LogP contribution in [0.25, 0.3) is 0 Å². The summed E-state index contributed by atoms with van der Waals surface area (Å²) in [4.78, 5) is 4.29. The lowest BCUT2D eigenvalue weighted by molar-refractivity contribution is 0.257. The van der Waals surface area contributed by atoms with Crippen molar-refractivity contribution in [3.63, 3.8) is 0 Å². The summed E-state index contributed by atoms with van der Waals surface area (Å²) in [5.41, 5.74) is 0.926. The molecule has 1 fully saturated rings. The first kappa shape index (κ1) is 13.2. The van der Waals surface area contributed by atoms with Crippen molar-refractivity contribution in [2.75, 3.05) is 24.8 Å². The monoisotopic (exact) mass is 267 g/mol. The Labute approximate surface area is 113 Å². The number of hydrogen-bond donors (Lipinski definition) is 1. The van der Waals surface area contributed by atoms with Crippen molar-refractivity contribution in [3.8, 4) is 0 Å². The molecule has 0 atom stereocenters. The fourth-order valence-electron chi connectivity index (χ4n) is 1.94. The maximum Gasteiger partial charge on any atom is 0.175 e. The van der Waals surface area contributed by atoms with Gasteiger partial charge in [0.05, 0.1) is 13.3 Å². The van der Waals surface area contributed by atoms with E-state index < -0.39 is 0 Å². The van der Waals surface area contributed by atoms with Crippen LogP contribution in [0.1, 0.15) is 19.8 Å². The third-order valence-corrected chi connectivity index (χ3v) is 3.37. The van der Waals surface area contributed by atoms with E-state index in [2.05, 4.69) is 17.1 Å². The van der Waals surface area contributed by atoms with Crippen LogP contribution >= 0.6 is 12.2 Å². The molecule has 98 valence electrons. The van der Waals surface area contributed by atoms with Gasteiger partial charge in [0, 0.05) is 12.2 Å². The zero-order valence-corrected chi connectivity index (χ0v) is 11.3. The molecule has 1 saturated heterocycles. The number of hydrogen-bond acceptors (Lipinski definition) is 2. The van der Waals surface area contributed by atoms with Crippen LogP contribution in [0.3, 0.4) is 0 Å². The minimum absolute atomic E-state index is 0.225. The molecule has 18 heavy (non-hydrogen) atoms. The Morgan fingerprint density at radius 3 is 2.72 bits per heavy atom. The van der Waals surface area contributed by atoms with E-state index in [9.17, 15) is 4.39 Å². The van der Waals surface area contributed by atoms with Crippen LogP contribution < -0.4 is 10.2 Å². The molecule has 0 aromatic heterocycles. The van der Waals surface area contributed by atoms with Crippen LogP contribution in [0.15, 0.2) is 24.3 Å². The van der Waals surface area contributed by atoms with E-state index in [4.69, 9.17) is 12.2 Å². The molecule has 0 bridgehead atoms. The van der Waals surface area contributed by atoms with Gasteiger partial charge in [0.15, 0.2) is 5.11 Å². The molecule has 0 spiro atoms. The van der Waals surface area contributed by atoms with Crippen molar-refractivity contribution in [3.05, 3.63) is 30.1 Å². The summed E-state index contributed by atoms with van der Waals surface area (Å²) < 4.78 is 12.9. The van der Waals surface area contributed by atoms with Gasteiger partial charge in [-0.1, -0.05) is 13.3 Å². The van der Waals surface area contributed by atoms with E-state index in [0.717, 1.165) is 25.6 Å². The molecular weight excluding hydrogens is 249 g/mol. The third-order valence-electron chi connectivity index (χ3n) is 3.01. The Morgan fingerprint density at radius 2 is 2.06 bits per heavy atom. The van der Waals surface area contributed by atoms with Crippen molar-refractivity contribution < 1.29 is 4.39 Å². The van der Waals surface area contributed by atoms with E-state index in [1.54, 1.807) is 12.1 Å². The van der Waals surface area contributed by atoms with Gasteiger partial charge in [-0.2, -0.15) is 0 Å². The quantitative estimate of drug-likeness (QED) is 0.845. The molecule has 1 aliphatic heterocycles. The Morgan fingerprint density at radius 1 is 1.33 bits per heavy atom. The number of unbranched alkanes of at least 4 members (excludes halogenated alkanes) is 1.